The fourth-order valence-electron chi connectivity index (χ4n) is 1.11. The maximum absolute atomic E-state index is 11.7. The molecule has 88 valence electrons. The predicted octanol–water partition coefficient (Wildman–Crippen LogP) is 1.53. The first kappa shape index (κ1) is 12.7. The Morgan fingerprint density at radius 2 is 1.81 bits per heavy atom. The van der Waals surface area contributed by atoms with Gasteiger partial charge in [-0.1, -0.05) is 19.1 Å². The lowest BCUT2D eigenvalue weighted by atomic mass is 10.2. The highest BCUT2D eigenvalue weighted by Crippen LogP contribution is 2.13. The lowest BCUT2D eigenvalue weighted by Gasteiger charge is -2.03. The van der Waals surface area contributed by atoms with Crippen LogP contribution < -0.4 is 0 Å². The van der Waals surface area contributed by atoms with Crippen LogP contribution in [0.1, 0.15) is 12.5 Å². The van der Waals surface area contributed by atoms with E-state index in [2.05, 4.69) is 4.40 Å². The summed E-state index contributed by atoms with van der Waals surface area (Å²) in [5.41, 5.74) is 1.11. The molecule has 16 heavy (non-hydrogen) atoms. The van der Waals surface area contributed by atoms with Crippen LogP contribution in [0.2, 0.25) is 0 Å². The summed E-state index contributed by atoms with van der Waals surface area (Å²) in [5.74, 6) is 0. The highest BCUT2D eigenvalue weighted by molar-refractivity contribution is 7.90. The summed E-state index contributed by atoms with van der Waals surface area (Å²) in [6.07, 6.45) is 2.17. The van der Waals surface area contributed by atoms with Crippen molar-refractivity contribution in [2.45, 2.75) is 18.2 Å². The molecule has 0 N–H and O–H groups in total. The molecule has 1 aromatic rings. The second-order valence-electron chi connectivity index (χ2n) is 3.66. The Morgan fingerprint density at radius 3 is 2.25 bits per heavy atom. The quantitative estimate of drug-likeness (QED) is 0.592. The van der Waals surface area contributed by atoms with E-state index in [0.29, 0.717) is 0 Å². The van der Waals surface area contributed by atoms with Crippen LogP contribution in [0.25, 0.3) is 0 Å². The standard InChI is InChI=1S/C11H16N2O2S/c1-4-10-5-7-11(8-6-10)16(14,15)12-9-13(2)3/h5-9H,4H2,1-3H3. The van der Waals surface area contributed by atoms with Gasteiger partial charge in [-0.25, -0.2) is 0 Å². The Bertz CT molecular complexity index is 461. The van der Waals surface area contributed by atoms with Crippen molar-refractivity contribution in [3.8, 4) is 0 Å². The Morgan fingerprint density at radius 1 is 1.25 bits per heavy atom. The third kappa shape index (κ3) is 3.34. The van der Waals surface area contributed by atoms with Crippen LogP contribution in [0.3, 0.4) is 0 Å². The molecule has 0 aliphatic heterocycles. The van der Waals surface area contributed by atoms with E-state index in [4.69, 9.17) is 0 Å². The molecule has 0 radical (unpaired) electrons. The summed E-state index contributed by atoms with van der Waals surface area (Å²) < 4.78 is 27.0. The summed E-state index contributed by atoms with van der Waals surface area (Å²) in [4.78, 5) is 1.81. The number of benzene rings is 1. The van der Waals surface area contributed by atoms with Crippen LogP contribution in [-0.4, -0.2) is 33.8 Å². The van der Waals surface area contributed by atoms with Crippen molar-refractivity contribution in [3.05, 3.63) is 29.8 Å². The molecular weight excluding hydrogens is 224 g/mol. The smallest absolute Gasteiger partial charge is 0.283 e. The van der Waals surface area contributed by atoms with E-state index in [9.17, 15) is 8.42 Å². The van der Waals surface area contributed by atoms with E-state index < -0.39 is 10.0 Å². The Kier molecular flexibility index (Phi) is 4.06. The van der Waals surface area contributed by atoms with Gasteiger partial charge in [0, 0.05) is 14.1 Å². The van der Waals surface area contributed by atoms with Crippen molar-refractivity contribution >= 4 is 16.4 Å². The molecule has 0 bridgehead atoms. The molecule has 0 aromatic heterocycles. The van der Waals surface area contributed by atoms with Crippen molar-refractivity contribution in [1.29, 1.82) is 0 Å². The summed E-state index contributed by atoms with van der Waals surface area (Å²) in [5, 5.41) is 0. The van der Waals surface area contributed by atoms with Crippen LogP contribution in [0.15, 0.2) is 33.6 Å². The number of hydrogen-bond acceptors (Lipinski definition) is 2. The molecule has 1 aromatic carbocycles. The maximum atomic E-state index is 11.7. The summed E-state index contributed by atoms with van der Waals surface area (Å²) in [6, 6.07) is 6.78. The van der Waals surface area contributed by atoms with E-state index in [0.717, 1.165) is 12.0 Å². The molecule has 5 heteroatoms. The van der Waals surface area contributed by atoms with Gasteiger partial charge in [0.15, 0.2) is 0 Å². The number of sulfonamides is 1. The second-order valence-corrected chi connectivity index (χ2v) is 5.29. The van der Waals surface area contributed by atoms with Gasteiger partial charge in [0.05, 0.1) is 4.90 Å². The molecule has 0 amide bonds. The lowest BCUT2D eigenvalue weighted by molar-refractivity contribution is 0.595. The van der Waals surface area contributed by atoms with Crippen LogP contribution in [0.5, 0.6) is 0 Å². The molecule has 4 nitrogen and oxygen atoms in total. The summed E-state index contributed by atoms with van der Waals surface area (Å²) >= 11 is 0. The zero-order chi connectivity index (χ0) is 12.2. The molecule has 0 aliphatic carbocycles. The van der Waals surface area contributed by atoms with Crippen molar-refractivity contribution in [2.75, 3.05) is 14.1 Å². The Balaban J connectivity index is 2.99. The topological polar surface area (TPSA) is 49.7 Å². The molecule has 0 fully saturated rings. The van der Waals surface area contributed by atoms with Crippen LogP contribution in [0.4, 0.5) is 0 Å². The monoisotopic (exact) mass is 240 g/mol. The zero-order valence-electron chi connectivity index (χ0n) is 9.71. The van der Waals surface area contributed by atoms with E-state index in [1.54, 1.807) is 43.3 Å². The van der Waals surface area contributed by atoms with Gasteiger partial charge in [-0.2, -0.15) is 8.42 Å². The van der Waals surface area contributed by atoms with Crippen molar-refractivity contribution in [1.82, 2.24) is 4.90 Å². The zero-order valence-corrected chi connectivity index (χ0v) is 10.5. The second kappa shape index (κ2) is 5.12. The number of nitrogens with zero attached hydrogens (tertiary/aromatic N) is 2. The van der Waals surface area contributed by atoms with Gasteiger partial charge < -0.3 is 4.90 Å². The summed E-state index contributed by atoms with van der Waals surface area (Å²) in [7, 11) is -0.110. The van der Waals surface area contributed by atoms with Crippen LogP contribution in [-0.2, 0) is 16.4 Å². The van der Waals surface area contributed by atoms with Crippen LogP contribution in [0, 0.1) is 0 Å². The molecule has 0 atom stereocenters. The lowest BCUT2D eigenvalue weighted by Crippen LogP contribution is -2.10. The Hall–Kier alpha value is -1.36. The number of aryl methyl sites for hydroxylation is 1. The van der Waals surface area contributed by atoms with Gasteiger partial charge in [0.2, 0.25) is 0 Å². The molecule has 0 spiro atoms. The first-order valence-electron chi connectivity index (χ1n) is 5.01. The van der Waals surface area contributed by atoms with E-state index in [1.807, 2.05) is 6.92 Å². The highest BCUT2D eigenvalue weighted by Gasteiger charge is 2.10. The van der Waals surface area contributed by atoms with Gasteiger partial charge >= 0.3 is 0 Å². The number of hydrogen-bond donors (Lipinski definition) is 0. The van der Waals surface area contributed by atoms with Crippen molar-refractivity contribution in [3.63, 3.8) is 0 Å². The molecule has 0 saturated carbocycles. The molecular formula is C11H16N2O2S. The fraction of sp³-hybridized carbons (Fsp3) is 0.364. The minimum atomic E-state index is -3.55. The van der Waals surface area contributed by atoms with E-state index in [1.165, 1.54) is 6.34 Å². The molecule has 0 aliphatic rings. The van der Waals surface area contributed by atoms with Crippen LogP contribution >= 0.6 is 0 Å². The van der Waals surface area contributed by atoms with Gasteiger partial charge in [-0.3, -0.25) is 0 Å². The third-order valence-corrected chi connectivity index (χ3v) is 3.29. The average Bonchev–Trinajstić information content (AvgIpc) is 2.27. The molecule has 0 saturated heterocycles. The predicted molar refractivity (Wildman–Crippen MR) is 65.2 cm³/mol. The highest BCUT2D eigenvalue weighted by atomic mass is 32.2. The third-order valence-electron chi connectivity index (χ3n) is 2.05. The van der Waals surface area contributed by atoms with Gasteiger partial charge in [0.1, 0.15) is 6.34 Å². The SMILES string of the molecule is CCc1ccc(S(=O)(=O)N=CN(C)C)cc1. The molecule has 1 rings (SSSR count). The number of rotatable bonds is 4. The maximum Gasteiger partial charge on any atom is 0.283 e. The first-order chi connectivity index (χ1) is 7.45. The van der Waals surface area contributed by atoms with Gasteiger partial charge in [-0.05, 0) is 24.1 Å². The average molecular weight is 240 g/mol. The normalized spacial score (nSPS) is 11.9. The minimum Gasteiger partial charge on any atom is -0.368 e. The summed E-state index contributed by atoms with van der Waals surface area (Å²) in [6.45, 7) is 2.02. The first-order valence-corrected chi connectivity index (χ1v) is 6.45. The molecule has 0 unspecified atom stereocenters. The Labute approximate surface area is 96.7 Å². The minimum absolute atomic E-state index is 0.225. The van der Waals surface area contributed by atoms with E-state index in [-0.39, 0.29) is 4.90 Å². The van der Waals surface area contributed by atoms with Gasteiger partial charge in [-0.15, -0.1) is 4.40 Å². The van der Waals surface area contributed by atoms with E-state index >= 15 is 0 Å². The van der Waals surface area contributed by atoms with Crippen molar-refractivity contribution in [2.24, 2.45) is 4.40 Å². The largest absolute Gasteiger partial charge is 0.368 e. The fourth-order valence-corrected chi connectivity index (χ4v) is 2.03. The van der Waals surface area contributed by atoms with Crippen molar-refractivity contribution < 1.29 is 8.42 Å². The van der Waals surface area contributed by atoms with Gasteiger partial charge in [0.25, 0.3) is 10.0 Å². The molecule has 0 heterocycles.